The number of piperidine rings is 1. The number of halogens is 1. The standard InChI is InChI=1S/C26H25FN2O3/c27-15-4-5-18-16(10-15)17-11-26(31)20-9-14-3-6-19(30)23-21(14)25(26,24(32-23)22(17)28-18)7-8-29(20)12-13-1-2-13/h3-6,10,13,20,24,28,30-31H,1-2,7-9,11-12H2/t20-,24-,25-,26+/m0/s1. The number of ether oxygens (including phenoxy) is 1. The monoisotopic (exact) mass is 432 g/mol. The number of nitrogens with zero attached hydrogens (tertiary/aromatic N) is 1. The van der Waals surface area contributed by atoms with E-state index in [1.807, 2.05) is 6.07 Å². The van der Waals surface area contributed by atoms with Crippen molar-refractivity contribution in [2.45, 2.75) is 55.3 Å². The van der Waals surface area contributed by atoms with Crippen molar-refractivity contribution in [2.75, 3.05) is 13.1 Å². The van der Waals surface area contributed by atoms with Gasteiger partial charge in [0.05, 0.1) is 16.7 Å². The van der Waals surface area contributed by atoms with Crippen molar-refractivity contribution < 1.29 is 19.3 Å². The number of aromatic amines is 1. The van der Waals surface area contributed by atoms with Gasteiger partial charge in [-0.05, 0) is 73.5 Å². The fourth-order valence-electron chi connectivity index (χ4n) is 7.59. The maximum absolute atomic E-state index is 14.2. The second kappa shape index (κ2) is 5.49. The number of rotatable bonds is 2. The fourth-order valence-corrected chi connectivity index (χ4v) is 7.59. The Morgan fingerprint density at radius 3 is 2.94 bits per heavy atom. The highest BCUT2D eigenvalue weighted by Crippen LogP contribution is 2.69. The van der Waals surface area contributed by atoms with Crippen LogP contribution >= 0.6 is 0 Å². The number of likely N-dealkylation sites (tertiary alicyclic amines) is 1. The van der Waals surface area contributed by atoms with Crippen molar-refractivity contribution in [2.24, 2.45) is 5.92 Å². The molecule has 4 atom stereocenters. The third kappa shape index (κ3) is 1.90. The molecular weight excluding hydrogens is 407 g/mol. The van der Waals surface area contributed by atoms with Gasteiger partial charge in [-0.15, -0.1) is 0 Å². The molecule has 0 amide bonds. The number of benzene rings is 2. The summed E-state index contributed by atoms with van der Waals surface area (Å²) < 4.78 is 20.7. The molecule has 8 rings (SSSR count). The smallest absolute Gasteiger partial charge is 0.166 e. The van der Waals surface area contributed by atoms with Crippen molar-refractivity contribution in [3.05, 3.63) is 58.5 Å². The number of aromatic hydroxyl groups is 1. The molecule has 3 heterocycles. The summed E-state index contributed by atoms with van der Waals surface area (Å²) in [7, 11) is 0. The van der Waals surface area contributed by atoms with E-state index in [0.717, 1.165) is 59.6 Å². The first kappa shape index (κ1) is 17.9. The molecule has 2 aliphatic heterocycles. The Morgan fingerprint density at radius 1 is 1.22 bits per heavy atom. The maximum Gasteiger partial charge on any atom is 0.166 e. The lowest BCUT2D eigenvalue weighted by Crippen LogP contribution is -2.74. The van der Waals surface area contributed by atoms with Crippen molar-refractivity contribution in [1.29, 1.82) is 0 Å². The maximum atomic E-state index is 14.2. The molecule has 1 saturated carbocycles. The number of hydrogen-bond donors (Lipinski definition) is 3. The predicted octanol–water partition coefficient (Wildman–Crippen LogP) is 3.71. The lowest BCUT2D eigenvalue weighted by atomic mass is 9.49. The van der Waals surface area contributed by atoms with E-state index in [1.165, 1.54) is 24.5 Å². The summed E-state index contributed by atoms with van der Waals surface area (Å²) in [6, 6.07) is 8.54. The van der Waals surface area contributed by atoms with Crippen molar-refractivity contribution in [3.8, 4) is 11.5 Å². The number of aliphatic hydroxyl groups is 1. The zero-order valence-corrected chi connectivity index (χ0v) is 17.7. The summed E-state index contributed by atoms with van der Waals surface area (Å²) in [5, 5.41) is 24.2. The topological polar surface area (TPSA) is 68.7 Å². The third-order valence-corrected chi connectivity index (χ3v) is 9.12. The van der Waals surface area contributed by atoms with E-state index in [-0.39, 0.29) is 17.6 Å². The molecule has 2 aromatic carbocycles. The Morgan fingerprint density at radius 2 is 2.09 bits per heavy atom. The van der Waals surface area contributed by atoms with Crippen LogP contribution in [0, 0.1) is 11.7 Å². The van der Waals surface area contributed by atoms with Crippen LogP contribution in [0.1, 0.15) is 47.8 Å². The third-order valence-electron chi connectivity index (χ3n) is 9.12. The van der Waals surface area contributed by atoms with Gasteiger partial charge in [-0.3, -0.25) is 4.90 Å². The van der Waals surface area contributed by atoms with Crippen LogP contribution in [0.5, 0.6) is 11.5 Å². The molecule has 6 heteroatoms. The quantitative estimate of drug-likeness (QED) is 0.578. The molecule has 0 unspecified atom stereocenters. The largest absolute Gasteiger partial charge is 0.504 e. The predicted molar refractivity (Wildman–Crippen MR) is 116 cm³/mol. The zero-order chi connectivity index (χ0) is 21.4. The average Bonchev–Trinajstić information content (AvgIpc) is 3.41. The minimum Gasteiger partial charge on any atom is -0.504 e. The SMILES string of the molecule is Oc1ccc2c3c1O[C@H]1c4[nH]c5ccc(F)cc5c4C[C@@]4(O)[C@H](C2)N(CC2CC2)CC[C@]314. The summed E-state index contributed by atoms with van der Waals surface area (Å²) >= 11 is 0. The minimum atomic E-state index is -1.04. The van der Waals surface area contributed by atoms with E-state index in [2.05, 4.69) is 9.88 Å². The Kier molecular flexibility index (Phi) is 3.07. The van der Waals surface area contributed by atoms with Gasteiger partial charge in [0, 0.05) is 35.5 Å². The van der Waals surface area contributed by atoms with Gasteiger partial charge in [-0.25, -0.2) is 4.39 Å². The molecule has 5 aliphatic rings. The molecule has 3 aromatic rings. The van der Waals surface area contributed by atoms with Crippen LogP contribution in [0.25, 0.3) is 10.9 Å². The van der Waals surface area contributed by atoms with Gasteiger partial charge < -0.3 is 19.9 Å². The summed E-state index contributed by atoms with van der Waals surface area (Å²) in [4.78, 5) is 6.01. The summed E-state index contributed by atoms with van der Waals surface area (Å²) in [5.74, 6) is 1.12. The van der Waals surface area contributed by atoms with Crippen LogP contribution < -0.4 is 4.74 Å². The van der Waals surface area contributed by atoms with Crippen LogP contribution in [0.4, 0.5) is 4.39 Å². The van der Waals surface area contributed by atoms with Gasteiger partial charge in [0.25, 0.3) is 0 Å². The fraction of sp³-hybridized carbons (Fsp3) is 0.462. The van der Waals surface area contributed by atoms with E-state index >= 15 is 0 Å². The molecule has 5 nitrogen and oxygen atoms in total. The molecule has 3 aliphatic carbocycles. The highest BCUT2D eigenvalue weighted by molar-refractivity contribution is 5.86. The zero-order valence-electron chi connectivity index (χ0n) is 17.7. The summed E-state index contributed by atoms with van der Waals surface area (Å²) in [5.41, 5.74) is 3.29. The van der Waals surface area contributed by atoms with Crippen molar-refractivity contribution in [3.63, 3.8) is 0 Å². The number of phenolic OH excluding ortho intramolecular Hbond substituents is 1. The van der Waals surface area contributed by atoms with Crippen LogP contribution in [0.3, 0.4) is 0 Å². The molecule has 1 aromatic heterocycles. The summed E-state index contributed by atoms with van der Waals surface area (Å²) in [6.07, 6.45) is 4.13. The normalized spacial score (nSPS) is 34.3. The van der Waals surface area contributed by atoms with E-state index < -0.39 is 17.1 Å². The molecule has 1 spiro atoms. The summed E-state index contributed by atoms with van der Waals surface area (Å²) in [6.45, 7) is 1.95. The molecule has 1 saturated heterocycles. The Labute approximate surface area is 184 Å². The first-order chi connectivity index (χ1) is 15.5. The van der Waals surface area contributed by atoms with Gasteiger partial charge >= 0.3 is 0 Å². The minimum absolute atomic E-state index is 0.0161. The number of aromatic nitrogens is 1. The lowest BCUT2D eigenvalue weighted by Gasteiger charge is -2.62. The van der Waals surface area contributed by atoms with Crippen molar-refractivity contribution >= 4 is 10.9 Å². The van der Waals surface area contributed by atoms with Gasteiger partial charge in [0.1, 0.15) is 5.82 Å². The first-order valence-corrected chi connectivity index (χ1v) is 11.8. The molecule has 3 N–H and O–H groups in total. The second-order valence-electron chi connectivity index (χ2n) is 10.6. The number of hydrogen-bond acceptors (Lipinski definition) is 4. The van der Waals surface area contributed by atoms with E-state index in [9.17, 15) is 14.6 Å². The Bertz CT molecular complexity index is 1330. The van der Waals surface area contributed by atoms with Crippen LogP contribution in [-0.4, -0.2) is 44.8 Å². The molecule has 2 fully saturated rings. The molecule has 164 valence electrons. The highest BCUT2D eigenvalue weighted by Gasteiger charge is 2.72. The van der Waals surface area contributed by atoms with Crippen LogP contribution in [0.2, 0.25) is 0 Å². The number of fused-ring (bicyclic) bond motifs is 4. The Hall–Kier alpha value is -2.57. The molecule has 0 radical (unpaired) electrons. The molecular formula is C26H25FN2O3. The lowest BCUT2D eigenvalue weighted by molar-refractivity contribution is -0.173. The second-order valence-corrected chi connectivity index (χ2v) is 10.6. The Balaban J connectivity index is 1.42. The van der Waals surface area contributed by atoms with Gasteiger partial charge in [-0.2, -0.15) is 0 Å². The number of phenols is 1. The van der Waals surface area contributed by atoms with Gasteiger partial charge in [-0.1, -0.05) is 6.07 Å². The van der Waals surface area contributed by atoms with E-state index in [1.54, 1.807) is 18.2 Å². The van der Waals surface area contributed by atoms with Gasteiger partial charge in [0.15, 0.2) is 17.6 Å². The molecule has 2 bridgehead atoms. The van der Waals surface area contributed by atoms with Crippen LogP contribution in [0.15, 0.2) is 30.3 Å². The van der Waals surface area contributed by atoms with E-state index in [4.69, 9.17) is 4.74 Å². The molecule has 32 heavy (non-hydrogen) atoms. The average molecular weight is 432 g/mol. The number of H-pyrrole nitrogens is 1. The van der Waals surface area contributed by atoms with Crippen molar-refractivity contribution in [1.82, 2.24) is 9.88 Å². The van der Waals surface area contributed by atoms with Gasteiger partial charge in [0.2, 0.25) is 0 Å². The van der Waals surface area contributed by atoms with E-state index in [0.29, 0.717) is 12.2 Å². The first-order valence-electron chi connectivity index (χ1n) is 11.8. The highest BCUT2D eigenvalue weighted by atomic mass is 19.1. The van der Waals surface area contributed by atoms with Crippen LogP contribution in [-0.2, 0) is 18.3 Å². The number of nitrogens with one attached hydrogen (secondary N) is 1.